The van der Waals surface area contributed by atoms with Gasteiger partial charge in [-0.2, -0.15) is 5.26 Å². The highest BCUT2D eigenvalue weighted by Gasteiger charge is 2.35. The standard InChI is InChI=1S/C19H19NO2.C17H21NO/c1-2-22-18(21)13-14-19(15-20,16-9-5-3-6-10-16)17-11-7-4-8-12-17;18-14-17(12-7-13-19,15-8-3-1-4-9-15)16-10-5-2-6-11-16/h3-12H,2,13-14H2,1H3;1-6,8-11,19H,7,12-14,18H2. The summed E-state index contributed by atoms with van der Waals surface area (Å²) in [5.41, 5.74) is 9.32. The molecule has 4 aromatic carbocycles. The van der Waals surface area contributed by atoms with E-state index in [-0.39, 0.29) is 24.4 Å². The molecule has 0 spiro atoms. The maximum absolute atomic E-state index is 11.7. The lowest BCUT2D eigenvalue weighted by atomic mass is 9.71. The van der Waals surface area contributed by atoms with Gasteiger partial charge in [-0.05, 0) is 48.4 Å². The lowest BCUT2D eigenvalue weighted by Crippen LogP contribution is -2.36. The second kappa shape index (κ2) is 16.1. The average molecular weight is 549 g/mol. The zero-order chi connectivity index (χ0) is 29.4. The number of esters is 1. The molecule has 3 N–H and O–H groups in total. The number of aliphatic hydroxyl groups excluding tert-OH is 1. The molecular formula is C36H40N2O3. The van der Waals surface area contributed by atoms with Gasteiger partial charge in [0.15, 0.2) is 0 Å². The lowest BCUT2D eigenvalue weighted by molar-refractivity contribution is -0.143. The number of nitriles is 1. The summed E-state index contributed by atoms with van der Waals surface area (Å²) >= 11 is 0. The van der Waals surface area contributed by atoms with E-state index in [1.165, 1.54) is 11.1 Å². The summed E-state index contributed by atoms with van der Waals surface area (Å²) in [7, 11) is 0. The smallest absolute Gasteiger partial charge is 0.305 e. The first-order valence-electron chi connectivity index (χ1n) is 14.2. The van der Waals surface area contributed by atoms with Crippen LogP contribution in [0.3, 0.4) is 0 Å². The molecule has 5 heteroatoms. The first-order chi connectivity index (χ1) is 20.1. The minimum absolute atomic E-state index is 0.196. The minimum atomic E-state index is -0.838. The number of ether oxygens (including phenoxy) is 1. The van der Waals surface area contributed by atoms with Gasteiger partial charge in [0.2, 0.25) is 0 Å². The van der Waals surface area contributed by atoms with E-state index in [1.54, 1.807) is 6.92 Å². The number of carbonyl (C=O) groups is 1. The average Bonchev–Trinajstić information content (AvgIpc) is 3.05. The molecule has 0 aromatic heterocycles. The van der Waals surface area contributed by atoms with Gasteiger partial charge < -0.3 is 15.6 Å². The highest BCUT2D eigenvalue weighted by atomic mass is 16.5. The molecular weight excluding hydrogens is 508 g/mol. The van der Waals surface area contributed by atoms with E-state index in [1.807, 2.05) is 97.1 Å². The van der Waals surface area contributed by atoms with Crippen molar-refractivity contribution in [3.63, 3.8) is 0 Å². The molecule has 0 saturated carbocycles. The normalized spacial score (nSPS) is 11.1. The van der Waals surface area contributed by atoms with E-state index in [2.05, 4.69) is 30.3 Å². The Bertz CT molecular complexity index is 1260. The molecule has 0 atom stereocenters. The van der Waals surface area contributed by atoms with E-state index in [0.29, 0.717) is 19.6 Å². The summed E-state index contributed by atoms with van der Waals surface area (Å²) in [6.07, 6.45) is 2.22. The highest BCUT2D eigenvalue weighted by Crippen LogP contribution is 2.37. The maximum atomic E-state index is 11.7. The second-order valence-corrected chi connectivity index (χ2v) is 9.90. The van der Waals surface area contributed by atoms with Crippen molar-refractivity contribution in [1.82, 2.24) is 0 Å². The van der Waals surface area contributed by atoms with Gasteiger partial charge in [0.1, 0.15) is 5.41 Å². The van der Waals surface area contributed by atoms with E-state index in [4.69, 9.17) is 10.5 Å². The molecule has 0 aliphatic heterocycles. The number of benzene rings is 4. The van der Waals surface area contributed by atoms with Crippen LogP contribution in [0.15, 0.2) is 121 Å². The molecule has 0 saturated heterocycles. The van der Waals surface area contributed by atoms with Gasteiger partial charge in [0, 0.05) is 25.0 Å². The summed E-state index contributed by atoms with van der Waals surface area (Å²) < 4.78 is 5.01. The first kappa shape index (κ1) is 31.3. The molecule has 4 rings (SSSR count). The Morgan fingerprint density at radius 3 is 1.51 bits per heavy atom. The Kier molecular flexibility index (Phi) is 12.3. The zero-order valence-corrected chi connectivity index (χ0v) is 23.8. The third-order valence-electron chi connectivity index (χ3n) is 7.50. The van der Waals surface area contributed by atoms with Crippen molar-refractivity contribution < 1.29 is 14.6 Å². The number of hydrogen-bond acceptors (Lipinski definition) is 5. The van der Waals surface area contributed by atoms with Crippen molar-refractivity contribution in [2.75, 3.05) is 19.8 Å². The molecule has 0 aliphatic rings. The van der Waals surface area contributed by atoms with Crippen LogP contribution in [0.5, 0.6) is 0 Å². The Morgan fingerprint density at radius 1 is 0.756 bits per heavy atom. The highest BCUT2D eigenvalue weighted by molar-refractivity contribution is 5.70. The molecule has 0 unspecified atom stereocenters. The third-order valence-corrected chi connectivity index (χ3v) is 7.50. The van der Waals surface area contributed by atoms with Crippen LogP contribution in [0.25, 0.3) is 0 Å². The predicted octanol–water partition coefficient (Wildman–Crippen LogP) is 6.54. The quantitative estimate of drug-likeness (QED) is 0.196. The van der Waals surface area contributed by atoms with Gasteiger partial charge in [0.25, 0.3) is 0 Å². The van der Waals surface area contributed by atoms with Crippen LogP contribution in [0.4, 0.5) is 0 Å². The van der Waals surface area contributed by atoms with Crippen LogP contribution in [0.1, 0.15) is 54.9 Å². The van der Waals surface area contributed by atoms with Gasteiger partial charge in [0.05, 0.1) is 12.7 Å². The fourth-order valence-corrected chi connectivity index (χ4v) is 5.30. The van der Waals surface area contributed by atoms with E-state index in [9.17, 15) is 15.2 Å². The van der Waals surface area contributed by atoms with Crippen molar-refractivity contribution in [3.8, 4) is 6.07 Å². The van der Waals surface area contributed by atoms with Crippen molar-refractivity contribution in [1.29, 1.82) is 5.26 Å². The number of nitrogens with zero attached hydrogens (tertiary/aromatic N) is 1. The topological polar surface area (TPSA) is 96.3 Å². The summed E-state index contributed by atoms with van der Waals surface area (Å²) in [6, 6.07) is 42.3. The van der Waals surface area contributed by atoms with Crippen LogP contribution in [0, 0.1) is 11.3 Å². The summed E-state index contributed by atoms with van der Waals surface area (Å²) in [5, 5.41) is 19.1. The number of rotatable bonds is 12. The van der Waals surface area contributed by atoms with Gasteiger partial charge in [-0.3, -0.25) is 4.79 Å². The number of carbonyl (C=O) groups excluding carboxylic acids is 1. The Morgan fingerprint density at radius 2 is 1.17 bits per heavy atom. The van der Waals surface area contributed by atoms with E-state index >= 15 is 0 Å². The minimum Gasteiger partial charge on any atom is -0.466 e. The third kappa shape index (κ3) is 7.91. The van der Waals surface area contributed by atoms with Crippen LogP contribution >= 0.6 is 0 Å². The summed E-state index contributed by atoms with van der Waals surface area (Å²) in [5.74, 6) is -0.269. The molecule has 0 bridgehead atoms. The Labute approximate surface area is 244 Å². The summed E-state index contributed by atoms with van der Waals surface area (Å²) in [6.45, 7) is 2.88. The number of nitrogens with two attached hydrogens (primary N) is 1. The van der Waals surface area contributed by atoms with Crippen LogP contribution in [-0.2, 0) is 20.4 Å². The summed E-state index contributed by atoms with van der Waals surface area (Å²) in [4.78, 5) is 11.7. The molecule has 0 aliphatic carbocycles. The second-order valence-electron chi connectivity index (χ2n) is 9.90. The van der Waals surface area contributed by atoms with Crippen LogP contribution in [-0.4, -0.2) is 30.8 Å². The molecule has 5 nitrogen and oxygen atoms in total. The molecule has 41 heavy (non-hydrogen) atoms. The zero-order valence-electron chi connectivity index (χ0n) is 23.8. The lowest BCUT2D eigenvalue weighted by Gasteiger charge is -2.34. The Hall–Kier alpha value is -4.24. The van der Waals surface area contributed by atoms with Crippen molar-refractivity contribution >= 4 is 5.97 Å². The SMILES string of the molecule is CCOC(=O)CCC(C#N)(c1ccccc1)c1ccccc1.NCC(CCCO)(c1ccccc1)c1ccccc1. The predicted molar refractivity (Wildman–Crippen MR) is 164 cm³/mol. The van der Waals surface area contributed by atoms with Crippen molar-refractivity contribution in [3.05, 3.63) is 144 Å². The van der Waals surface area contributed by atoms with Gasteiger partial charge in [-0.25, -0.2) is 0 Å². The number of hydrogen-bond donors (Lipinski definition) is 2. The van der Waals surface area contributed by atoms with Gasteiger partial charge in [-0.15, -0.1) is 0 Å². The molecule has 4 aromatic rings. The Balaban J connectivity index is 0.000000228. The van der Waals surface area contributed by atoms with Gasteiger partial charge >= 0.3 is 5.97 Å². The van der Waals surface area contributed by atoms with E-state index in [0.717, 1.165) is 24.0 Å². The maximum Gasteiger partial charge on any atom is 0.305 e. The van der Waals surface area contributed by atoms with Crippen LogP contribution in [0.2, 0.25) is 0 Å². The fraction of sp³-hybridized carbons (Fsp3) is 0.278. The van der Waals surface area contributed by atoms with E-state index < -0.39 is 5.41 Å². The fourth-order valence-electron chi connectivity index (χ4n) is 5.30. The van der Waals surface area contributed by atoms with Crippen LogP contribution < -0.4 is 5.73 Å². The van der Waals surface area contributed by atoms with Crippen molar-refractivity contribution in [2.24, 2.45) is 5.73 Å². The number of aliphatic hydroxyl groups is 1. The molecule has 0 fully saturated rings. The molecule has 0 amide bonds. The molecule has 0 radical (unpaired) electrons. The molecule has 0 heterocycles. The van der Waals surface area contributed by atoms with Crippen molar-refractivity contribution in [2.45, 2.75) is 43.4 Å². The largest absolute Gasteiger partial charge is 0.466 e. The monoisotopic (exact) mass is 548 g/mol. The molecule has 212 valence electrons. The first-order valence-corrected chi connectivity index (χ1v) is 14.2. The van der Waals surface area contributed by atoms with Gasteiger partial charge in [-0.1, -0.05) is 121 Å².